The van der Waals surface area contributed by atoms with Crippen LogP contribution in [0.5, 0.6) is 0 Å². The monoisotopic (exact) mass is 280 g/mol. The van der Waals surface area contributed by atoms with Crippen LogP contribution in [0.4, 0.5) is 4.79 Å². The van der Waals surface area contributed by atoms with Crippen molar-refractivity contribution in [2.45, 2.75) is 45.6 Å². The molecule has 20 heavy (non-hydrogen) atoms. The van der Waals surface area contributed by atoms with Crippen molar-refractivity contribution in [2.24, 2.45) is 5.92 Å². The third-order valence-corrected chi connectivity index (χ3v) is 2.97. The highest BCUT2D eigenvalue weighted by Crippen LogP contribution is 2.17. The number of terminal acetylenes is 1. The molecule has 0 aliphatic carbocycles. The second kappa shape index (κ2) is 7.18. The first-order valence-electron chi connectivity index (χ1n) is 7.02. The van der Waals surface area contributed by atoms with E-state index in [2.05, 4.69) is 11.2 Å². The minimum Gasteiger partial charge on any atom is -0.444 e. The van der Waals surface area contributed by atoms with Crippen LogP contribution < -0.4 is 5.32 Å². The van der Waals surface area contributed by atoms with Gasteiger partial charge in [0.05, 0.1) is 0 Å². The van der Waals surface area contributed by atoms with Gasteiger partial charge in [-0.2, -0.15) is 0 Å². The number of rotatable bonds is 5. The van der Waals surface area contributed by atoms with Gasteiger partial charge in [-0.1, -0.05) is 0 Å². The zero-order valence-electron chi connectivity index (χ0n) is 12.6. The van der Waals surface area contributed by atoms with Gasteiger partial charge in [-0.05, 0) is 33.6 Å². The maximum atomic E-state index is 11.6. The van der Waals surface area contributed by atoms with Gasteiger partial charge in [0.15, 0.2) is 0 Å². The molecule has 1 aliphatic heterocycles. The fourth-order valence-electron chi connectivity index (χ4n) is 2.03. The maximum absolute atomic E-state index is 11.6. The first kappa shape index (κ1) is 16.4. The lowest BCUT2D eigenvalue weighted by atomic mass is 10.1. The van der Waals surface area contributed by atoms with Crippen LogP contribution in [0.2, 0.25) is 0 Å². The summed E-state index contributed by atoms with van der Waals surface area (Å²) in [5.74, 6) is 2.82. The molecule has 0 spiro atoms. The number of nitrogens with zero attached hydrogens (tertiary/aromatic N) is 1. The number of amides is 2. The van der Waals surface area contributed by atoms with Crippen LogP contribution >= 0.6 is 0 Å². The number of carbonyl (C=O) groups excluding carboxylic acids is 2. The lowest BCUT2D eigenvalue weighted by Gasteiger charge is -2.20. The van der Waals surface area contributed by atoms with Crippen molar-refractivity contribution in [2.75, 3.05) is 19.6 Å². The van der Waals surface area contributed by atoms with Gasteiger partial charge in [-0.25, -0.2) is 4.79 Å². The minimum absolute atomic E-state index is 0.0578. The molecule has 0 radical (unpaired) electrons. The van der Waals surface area contributed by atoms with E-state index in [1.165, 1.54) is 0 Å². The van der Waals surface area contributed by atoms with Gasteiger partial charge >= 0.3 is 6.09 Å². The van der Waals surface area contributed by atoms with Gasteiger partial charge in [0.25, 0.3) is 0 Å². The van der Waals surface area contributed by atoms with Gasteiger partial charge in [0.1, 0.15) is 5.60 Å². The third kappa shape index (κ3) is 5.96. The molecule has 0 aromatic carbocycles. The molecular weight excluding hydrogens is 256 g/mol. The molecule has 1 atom stereocenters. The Labute approximate surface area is 121 Å². The topological polar surface area (TPSA) is 58.6 Å². The zero-order valence-corrected chi connectivity index (χ0v) is 12.6. The van der Waals surface area contributed by atoms with Crippen LogP contribution in [0.1, 0.15) is 40.0 Å². The second-order valence-electron chi connectivity index (χ2n) is 6.04. The van der Waals surface area contributed by atoms with E-state index in [1.807, 2.05) is 20.8 Å². The molecule has 0 aromatic rings. The SMILES string of the molecule is C#CC1CC(=O)N(CCCCNC(=O)OC(C)(C)C)C1. The number of likely N-dealkylation sites (tertiary alicyclic amines) is 1. The summed E-state index contributed by atoms with van der Waals surface area (Å²) >= 11 is 0. The normalized spacial score (nSPS) is 18.8. The van der Waals surface area contributed by atoms with E-state index in [-0.39, 0.29) is 11.8 Å². The Hall–Kier alpha value is -1.70. The van der Waals surface area contributed by atoms with Crippen LogP contribution in [-0.4, -0.2) is 42.1 Å². The first-order valence-corrected chi connectivity index (χ1v) is 7.02. The Morgan fingerprint density at radius 3 is 2.75 bits per heavy atom. The molecule has 1 N–H and O–H groups in total. The Morgan fingerprint density at radius 2 is 2.20 bits per heavy atom. The van der Waals surface area contributed by atoms with Crippen molar-refractivity contribution in [3.05, 3.63) is 0 Å². The van der Waals surface area contributed by atoms with E-state index in [1.54, 1.807) is 4.90 Å². The summed E-state index contributed by atoms with van der Waals surface area (Å²) in [6.45, 7) is 7.39. The Bertz CT molecular complexity index is 393. The van der Waals surface area contributed by atoms with Crippen LogP contribution in [0.15, 0.2) is 0 Å². The number of ether oxygens (including phenoxy) is 1. The summed E-state index contributed by atoms with van der Waals surface area (Å²) in [5.41, 5.74) is -0.476. The van der Waals surface area contributed by atoms with Gasteiger partial charge < -0.3 is 15.0 Å². The highest BCUT2D eigenvalue weighted by Gasteiger charge is 2.27. The standard InChI is InChI=1S/C15H24N2O3/c1-5-12-10-13(18)17(11-12)9-7-6-8-16-14(19)20-15(2,3)4/h1,12H,6-11H2,2-4H3,(H,16,19). The van der Waals surface area contributed by atoms with Crippen LogP contribution in [0.25, 0.3) is 0 Å². The fourth-order valence-corrected chi connectivity index (χ4v) is 2.03. The van der Waals surface area contributed by atoms with Crippen molar-refractivity contribution in [3.8, 4) is 12.3 Å². The minimum atomic E-state index is -0.476. The summed E-state index contributed by atoms with van der Waals surface area (Å²) < 4.78 is 5.13. The van der Waals surface area contributed by atoms with E-state index in [9.17, 15) is 9.59 Å². The zero-order chi connectivity index (χ0) is 15.2. The van der Waals surface area contributed by atoms with E-state index >= 15 is 0 Å². The largest absolute Gasteiger partial charge is 0.444 e. The summed E-state index contributed by atoms with van der Waals surface area (Å²) in [5, 5.41) is 2.70. The number of hydrogen-bond donors (Lipinski definition) is 1. The molecule has 0 saturated carbocycles. The first-order chi connectivity index (χ1) is 9.31. The molecule has 0 aromatic heterocycles. The van der Waals surface area contributed by atoms with Crippen molar-refractivity contribution in [3.63, 3.8) is 0 Å². The molecule has 1 unspecified atom stereocenters. The molecule has 1 fully saturated rings. The number of unbranched alkanes of at least 4 members (excludes halogenated alkanes) is 1. The average molecular weight is 280 g/mol. The van der Waals surface area contributed by atoms with E-state index in [4.69, 9.17) is 11.2 Å². The van der Waals surface area contributed by atoms with E-state index in [0.29, 0.717) is 26.1 Å². The molecule has 112 valence electrons. The molecule has 5 heteroatoms. The molecule has 2 amide bonds. The van der Waals surface area contributed by atoms with E-state index < -0.39 is 11.7 Å². The molecular formula is C15H24N2O3. The quantitative estimate of drug-likeness (QED) is 0.617. The Kier molecular flexibility index (Phi) is 5.87. The number of nitrogens with one attached hydrogen (secondary N) is 1. The Morgan fingerprint density at radius 1 is 1.50 bits per heavy atom. The number of alkyl carbamates (subject to hydrolysis) is 1. The lowest BCUT2D eigenvalue weighted by Crippen LogP contribution is -2.33. The predicted octanol–water partition coefficient (Wildman–Crippen LogP) is 1.77. The summed E-state index contributed by atoms with van der Waals surface area (Å²) in [4.78, 5) is 24.8. The Balaban J connectivity index is 2.10. The van der Waals surface area contributed by atoms with Crippen molar-refractivity contribution >= 4 is 12.0 Å². The van der Waals surface area contributed by atoms with Gasteiger partial charge in [0.2, 0.25) is 5.91 Å². The second-order valence-corrected chi connectivity index (χ2v) is 6.04. The molecule has 1 aliphatic rings. The van der Waals surface area contributed by atoms with Gasteiger partial charge in [-0.15, -0.1) is 12.3 Å². The molecule has 1 heterocycles. The predicted molar refractivity (Wildman–Crippen MR) is 77.0 cm³/mol. The summed E-state index contributed by atoms with van der Waals surface area (Å²) in [7, 11) is 0. The van der Waals surface area contributed by atoms with Crippen LogP contribution in [0, 0.1) is 18.3 Å². The molecule has 5 nitrogen and oxygen atoms in total. The highest BCUT2D eigenvalue weighted by atomic mass is 16.6. The van der Waals surface area contributed by atoms with E-state index in [0.717, 1.165) is 12.8 Å². The highest BCUT2D eigenvalue weighted by molar-refractivity contribution is 5.79. The average Bonchev–Trinajstić information content (AvgIpc) is 2.67. The van der Waals surface area contributed by atoms with Crippen molar-refractivity contribution < 1.29 is 14.3 Å². The number of carbonyl (C=O) groups is 2. The van der Waals surface area contributed by atoms with Gasteiger partial charge in [0, 0.05) is 32.0 Å². The third-order valence-electron chi connectivity index (χ3n) is 2.97. The summed E-state index contributed by atoms with van der Waals surface area (Å²) in [6.07, 6.45) is 7.05. The van der Waals surface area contributed by atoms with Crippen molar-refractivity contribution in [1.82, 2.24) is 10.2 Å². The van der Waals surface area contributed by atoms with Crippen LogP contribution in [0.3, 0.4) is 0 Å². The molecule has 1 saturated heterocycles. The van der Waals surface area contributed by atoms with Crippen LogP contribution in [-0.2, 0) is 9.53 Å². The van der Waals surface area contributed by atoms with Crippen molar-refractivity contribution in [1.29, 1.82) is 0 Å². The molecule has 0 bridgehead atoms. The number of hydrogen-bond acceptors (Lipinski definition) is 3. The molecule has 1 rings (SSSR count). The summed E-state index contributed by atoms with van der Waals surface area (Å²) in [6, 6.07) is 0. The lowest BCUT2D eigenvalue weighted by molar-refractivity contribution is -0.127. The fraction of sp³-hybridized carbons (Fsp3) is 0.733. The van der Waals surface area contributed by atoms with Gasteiger partial charge in [-0.3, -0.25) is 4.79 Å². The maximum Gasteiger partial charge on any atom is 0.407 e. The smallest absolute Gasteiger partial charge is 0.407 e.